The molecule has 8 nitrogen and oxygen atoms in total. The minimum absolute atomic E-state index is 0.163. The average molecular weight is 437 g/mol. The van der Waals surface area contributed by atoms with Gasteiger partial charge in [0.15, 0.2) is 11.3 Å². The third-order valence-corrected chi connectivity index (χ3v) is 4.93. The van der Waals surface area contributed by atoms with Crippen molar-refractivity contribution in [1.29, 1.82) is 0 Å². The number of amides is 1. The van der Waals surface area contributed by atoms with Gasteiger partial charge in [-0.3, -0.25) is 4.79 Å². The summed E-state index contributed by atoms with van der Waals surface area (Å²) in [7, 11) is 0. The molecule has 0 aliphatic carbocycles. The van der Waals surface area contributed by atoms with Gasteiger partial charge in [0.1, 0.15) is 11.6 Å². The Morgan fingerprint density at radius 3 is 2.27 bits per heavy atom. The number of oxazole rings is 1. The first kappa shape index (κ1) is 20.2. The summed E-state index contributed by atoms with van der Waals surface area (Å²) in [5.41, 5.74) is 3.60. The Morgan fingerprint density at radius 2 is 1.55 bits per heavy atom. The fourth-order valence-electron chi connectivity index (χ4n) is 3.31. The van der Waals surface area contributed by atoms with E-state index in [1.165, 1.54) is 0 Å². The first-order valence-electron chi connectivity index (χ1n) is 10.2. The lowest BCUT2D eigenvalue weighted by molar-refractivity contribution is 0.102. The van der Waals surface area contributed by atoms with Crippen LogP contribution in [0.25, 0.3) is 22.7 Å². The number of hydrogen-bond donors (Lipinski definition) is 3. The van der Waals surface area contributed by atoms with Gasteiger partial charge in [0, 0.05) is 22.5 Å². The second-order valence-corrected chi connectivity index (χ2v) is 7.36. The van der Waals surface area contributed by atoms with E-state index in [-0.39, 0.29) is 11.7 Å². The monoisotopic (exact) mass is 437 g/mol. The van der Waals surface area contributed by atoms with E-state index in [0.717, 1.165) is 5.69 Å². The molecule has 0 aliphatic heterocycles. The van der Waals surface area contributed by atoms with Gasteiger partial charge < -0.3 is 20.2 Å². The normalized spacial score (nSPS) is 10.8. The largest absolute Gasteiger partial charge is 0.508 e. The summed E-state index contributed by atoms with van der Waals surface area (Å²) in [6.45, 7) is 1.77. The number of anilines is 3. The molecule has 0 bridgehead atoms. The zero-order chi connectivity index (χ0) is 22.8. The van der Waals surface area contributed by atoms with Gasteiger partial charge in [-0.1, -0.05) is 18.2 Å². The molecule has 1 amide bonds. The summed E-state index contributed by atoms with van der Waals surface area (Å²) in [6, 6.07) is 22.9. The predicted octanol–water partition coefficient (Wildman–Crippen LogP) is 5.29. The predicted molar refractivity (Wildman–Crippen MR) is 126 cm³/mol. The molecule has 33 heavy (non-hydrogen) atoms. The number of aryl methyl sites for hydroxylation is 1. The molecule has 0 unspecified atom stereocenters. The van der Waals surface area contributed by atoms with Gasteiger partial charge in [-0.15, -0.1) is 0 Å². The maximum absolute atomic E-state index is 12.3. The van der Waals surface area contributed by atoms with Gasteiger partial charge in [0.25, 0.3) is 11.6 Å². The fraction of sp³-hybridized carbons (Fsp3) is 0.0400. The number of fused-ring (bicyclic) bond motifs is 1. The van der Waals surface area contributed by atoms with Gasteiger partial charge in [0.2, 0.25) is 5.89 Å². The number of aromatic nitrogens is 3. The molecule has 0 atom stereocenters. The minimum Gasteiger partial charge on any atom is -0.508 e. The number of carbonyl (C=O) groups is 1. The van der Waals surface area contributed by atoms with Crippen molar-refractivity contribution in [3.8, 4) is 17.2 Å². The fourth-order valence-corrected chi connectivity index (χ4v) is 3.31. The Morgan fingerprint density at radius 1 is 0.848 bits per heavy atom. The number of benzene rings is 3. The van der Waals surface area contributed by atoms with Crippen LogP contribution in [0.15, 0.2) is 83.3 Å². The van der Waals surface area contributed by atoms with E-state index < -0.39 is 0 Å². The molecule has 8 heteroatoms. The second kappa shape index (κ2) is 8.43. The van der Waals surface area contributed by atoms with E-state index in [4.69, 9.17) is 4.42 Å². The van der Waals surface area contributed by atoms with Crippen molar-refractivity contribution in [2.24, 2.45) is 0 Å². The number of phenolic OH excluding ortho intramolecular Hbond substituents is 1. The topological polar surface area (TPSA) is 113 Å². The van der Waals surface area contributed by atoms with E-state index in [1.807, 2.05) is 30.3 Å². The lowest BCUT2D eigenvalue weighted by Gasteiger charge is -2.09. The molecule has 3 aromatic carbocycles. The zero-order valence-electron chi connectivity index (χ0n) is 17.6. The Labute approximate surface area is 189 Å². The van der Waals surface area contributed by atoms with E-state index in [1.54, 1.807) is 55.5 Å². The molecule has 0 aliphatic rings. The van der Waals surface area contributed by atoms with Crippen LogP contribution in [-0.2, 0) is 0 Å². The maximum atomic E-state index is 12.3. The average Bonchev–Trinajstić information content (AvgIpc) is 3.25. The van der Waals surface area contributed by atoms with Crippen LogP contribution in [0, 0.1) is 6.92 Å². The number of hydrogen-bond acceptors (Lipinski definition) is 7. The SMILES string of the molecule is Cc1nc(Nc2ccc(NC(=O)c3ccccc3)cc2)c2nc(-c3ccc(O)cc3)oc2n1. The van der Waals surface area contributed by atoms with Crippen LogP contribution < -0.4 is 10.6 Å². The summed E-state index contributed by atoms with van der Waals surface area (Å²) in [6.07, 6.45) is 0. The lowest BCUT2D eigenvalue weighted by atomic mass is 10.2. The van der Waals surface area contributed by atoms with Gasteiger partial charge >= 0.3 is 0 Å². The van der Waals surface area contributed by atoms with Crippen molar-refractivity contribution in [2.75, 3.05) is 10.6 Å². The van der Waals surface area contributed by atoms with Crippen LogP contribution >= 0.6 is 0 Å². The number of nitrogens with one attached hydrogen (secondary N) is 2. The third-order valence-electron chi connectivity index (χ3n) is 4.93. The zero-order valence-corrected chi connectivity index (χ0v) is 17.6. The molecule has 0 fully saturated rings. The van der Waals surface area contributed by atoms with Crippen LogP contribution in [-0.4, -0.2) is 26.0 Å². The van der Waals surface area contributed by atoms with Gasteiger partial charge in [-0.25, -0.2) is 9.97 Å². The van der Waals surface area contributed by atoms with Crippen LogP contribution in [0.2, 0.25) is 0 Å². The molecule has 0 radical (unpaired) electrons. The summed E-state index contributed by atoms with van der Waals surface area (Å²) in [4.78, 5) is 25.7. The van der Waals surface area contributed by atoms with Gasteiger partial charge in [0.05, 0.1) is 0 Å². The van der Waals surface area contributed by atoms with Crippen LogP contribution in [0.4, 0.5) is 17.2 Å². The van der Waals surface area contributed by atoms with Crippen molar-refractivity contribution >= 4 is 34.3 Å². The van der Waals surface area contributed by atoms with E-state index in [2.05, 4.69) is 25.6 Å². The molecule has 2 aromatic heterocycles. The minimum atomic E-state index is -0.172. The summed E-state index contributed by atoms with van der Waals surface area (Å²) >= 11 is 0. The summed E-state index contributed by atoms with van der Waals surface area (Å²) in [5.74, 6) is 1.41. The highest BCUT2D eigenvalue weighted by atomic mass is 16.4. The highest BCUT2D eigenvalue weighted by Gasteiger charge is 2.16. The van der Waals surface area contributed by atoms with Crippen LogP contribution in [0.3, 0.4) is 0 Å². The Balaban J connectivity index is 1.38. The van der Waals surface area contributed by atoms with E-state index in [9.17, 15) is 9.90 Å². The van der Waals surface area contributed by atoms with Crippen molar-refractivity contribution in [3.05, 3.63) is 90.3 Å². The quantitative estimate of drug-likeness (QED) is 0.342. The first-order valence-corrected chi connectivity index (χ1v) is 10.2. The third kappa shape index (κ3) is 4.35. The van der Waals surface area contributed by atoms with Crippen molar-refractivity contribution in [3.63, 3.8) is 0 Å². The molecular weight excluding hydrogens is 418 g/mol. The smallest absolute Gasteiger partial charge is 0.255 e. The van der Waals surface area contributed by atoms with Crippen molar-refractivity contribution in [2.45, 2.75) is 6.92 Å². The van der Waals surface area contributed by atoms with Crippen LogP contribution in [0.5, 0.6) is 5.75 Å². The van der Waals surface area contributed by atoms with E-state index >= 15 is 0 Å². The molecular formula is C25H19N5O3. The van der Waals surface area contributed by atoms with Crippen LogP contribution in [0.1, 0.15) is 16.2 Å². The molecule has 0 saturated heterocycles. The highest BCUT2D eigenvalue weighted by molar-refractivity contribution is 6.04. The lowest BCUT2D eigenvalue weighted by Crippen LogP contribution is -2.11. The molecule has 0 spiro atoms. The van der Waals surface area contributed by atoms with Gasteiger partial charge in [-0.05, 0) is 67.6 Å². The number of phenols is 1. The van der Waals surface area contributed by atoms with Crippen molar-refractivity contribution < 1.29 is 14.3 Å². The summed E-state index contributed by atoms with van der Waals surface area (Å²) < 4.78 is 5.83. The molecule has 162 valence electrons. The van der Waals surface area contributed by atoms with Gasteiger partial charge in [-0.2, -0.15) is 4.98 Å². The number of aromatic hydroxyl groups is 1. The Kier molecular flexibility index (Phi) is 5.16. The van der Waals surface area contributed by atoms with E-state index in [0.29, 0.717) is 45.6 Å². The first-order chi connectivity index (χ1) is 16.0. The highest BCUT2D eigenvalue weighted by Crippen LogP contribution is 2.29. The summed E-state index contributed by atoms with van der Waals surface area (Å²) in [5, 5.41) is 15.6. The number of rotatable bonds is 5. The molecule has 2 heterocycles. The van der Waals surface area contributed by atoms with Crippen molar-refractivity contribution in [1.82, 2.24) is 15.0 Å². The second-order valence-electron chi connectivity index (χ2n) is 7.36. The Hall–Kier alpha value is -4.72. The standard InChI is InChI=1S/C25H19N5O3/c1-15-26-22(21-25(27-15)33-24(30-21)17-7-13-20(31)14-8-17)28-18-9-11-19(12-10-18)29-23(32)16-5-3-2-4-6-16/h2-14,31H,1H3,(H,29,32)(H,26,27,28). The molecule has 3 N–H and O–H groups in total. The molecule has 5 rings (SSSR count). The Bertz CT molecular complexity index is 1430. The molecule has 0 saturated carbocycles. The molecule has 5 aromatic rings. The number of carbonyl (C=O) groups excluding carboxylic acids is 1. The number of nitrogens with zero attached hydrogens (tertiary/aromatic N) is 3. The maximum Gasteiger partial charge on any atom is 0.255 e.